The average Bonchev–Trinajstić information content (AvgIpc) is 2.78. The van der Waals surface area contributed by atoms with Gasteiger partial charge in [0.2, 0.25) is 0 Å². The van der Waals surface area contributed by atoms with Crippen molar-refractivity contribution in [1.29, 1.82) is 0 Å². The van der Waals surface area contributed by atoms with Crippen LogP contribution in [0.4, 0.5) is 0 Å². The van der Waals surface area contributed by atoms with Crippen molar-refractivity contribution in [3.05, 3.63) is 18.0 Å². The minimum Gasteiger partial charge on any atom is -0.389 e. The molecule has 1 rings (SSSR count). The lowest BCUT2D eigenvalue weighted by molar-refractivity contribution is -0.00860. The van der Waals surface area contributed by atoms with E-state index in [0.29, 0.717) is 25.6 Å². The number of hydrogen-bond donors (Lipinski definition) is 2. The third-order valence-corrected chi connectivity index (χ3v) is 2.55. The highest BCUT2D eigenvalue weighted by molar-refractivity contribution is 4.94. The summed E-state index contributed by atoms with van der Waals surface area (Å²) in [5, 5.41) is 16.6. The molecule has 0 amide bonds. The van der Waals surface area contributed by atoms with E-state index in [-0.39, 0.29) is 6.10 Å². The average molecular weight is 256 g/mol. The minimum absolute atomic E-state index is 0.190. The van der Waals surface area contributed by atoms with Crippen LogP contribution in [-0.2, 0) is 11.3 Å². The Kier molecular flexibility index (Phi) is 6.93. The van der Waals surface area contributed by atoms with Gasteiger partial charge in [-0.2, -0.15) is 0 Å². The second kappa shape index (κ2) is 8.24. The van der Waals surface area contributed by atoms with Crippen LogP contribution in [0.15, 0.2) is 16.9 Å². The second-order valence-corrected chi connectivity index (χ2v) is 5.05. The Morgan fingerprint density at radius 3 is 2.83 bits per heavy atom. The molecule has 0 radical (unpaired) electrons. The quantitative estimate of drug-likeness (QED) is 0.702. The number of ether oxygens (including phenoxy) is 1. The highest BCUT2D eigenvalue weighted by atomic mass is 16.5. The monoisotopic (exact) mass is 256 g/mol. The molecule has 1 aromatic heterocycles. The molecule has 0 spiro atoms. The summed E-state index contributed by atoms with van der Waals surface area (Å²) in [5.74, 6) is 0.613. The van der Waals surface area contributed by atoms with Gasteiger partial charge in [-0.25, -0.2) is 0 Å². The van der Waals surface area contributed by atoms with E-state index in [0.717, 1.165) is 12.1 Å². The normalized spacial score (nSPS) is 14.9. The van der Waals surface area contributed by atoms with E-state index in [1.165, 1.54) is 6.26 Å². The molecule has 0 aliphatic rings. The summed E-state index contributed by atoms with van der Waals surface area (Å²) in [5.41, 5.74) is 0.830. The molecule has 2 unspecified atom stereocenters. The first-order chi connectivity index (χ1) is 8.58. The Bertz CT molecular complexity index is 301. The van der Waals surface area contributed by atoms with Crippen LogP contribution >= 0.6 is 0 Å². The zero-order chi connectivity index (χ0) is 13.4. The van der Waals surface area contributed by atoms with Gasteiger partial charge in [-0.15, -0.1) is 0 Å². The summed E-state index contributed by atoms with van der Waals surface area (Å²) in [6.45, 7) is 7.80. The van der Waals surface area contributed by atoms with Gasteiger partial charge in [0.15, 0.2) is 0 Å². The van der Waals surface area contributed by atoms with Crippen molar-refractivity contribution in [2.24, 2.45) is 5.92 Å². The molecule has 0 saturated heterocycles. The van der Waals surface area contributed by atoms with Crippen LogP contribution < -0.4 is 5.32 Å². The van der Waals surface area contributed by atoms with E-state index in [1.807, 2.05) is 6.92 Å². The molecular formula is C13H24N2O3. The van der Waals surface area contributed by atoms with E-state index in [4.69, 9.17) is 9.26 Å². The number of aromatic nitrogens is 1. The van der Waals surface area contributed by atoms with Gasteiger partial charge in [-0.05, 0) is 19.3 Å². The zero-order valence-corrected chi connectivity index (χ0v) is 11.4. The standard InChI is InChI=1S/C13H24N2O3/c1-10(2)6-11(3)17-9-13(16)8-14-7-12-4-5-18-15-12/h4-5,10-11,13-14,16H,6-9H2,1-3H3. The van der Waals surface area contributed by atoms with E-state index >= 15 is 0 Å². The fourth-order valence-electron chi connectivity index (χ4n) is 1.76. The molecule has 0 aliphatic carbocycles. The highest BCUT2D eigenvalue weighted by Crippen LogP contribution is 2.07. The number of nitrogens with one attached hydrogen (secondary N) is 1. The van der Waals surface area contributed by atoms with Crippen LogP contribution in [0.5, 0.6) is 0 Å². The lowest BCUT2D eigenvalue weighted by atomic mass is 10.1. The van der Waals surface area contributed by atoms with Gasteiger partial charge in [0.1, 0.15) is 6.26 Å². The Morgan fingerprint density at radius 1 is 1.44 bits per heavy atom. The summed E-state index contributed by atoms with van der Waals surface area (Å²) >= 11 is 0. The van der Waals surface area contributed by atoms with Crippen LogP contribution in [0.1, 0.15) is 32.9 Å². The molecule has 0 saturated carbocycles. The number of nitrogens with zero attached hydrogens (tertiary/aromatic N) is 1. The largest absolute Gasteiger partial charge is 0.389 e. The Balaban J connectivity index is 2.04. The topological polar surface area (TPSA) is 67.5 Å². The molecule has 1 heterocycles. The number of aliphatic hydroxyl groups is 1. The van der Waals surface area contributed by atoms with Crippen molar-refractivity contribution in [3.63, 3.8) is 0 Å². The number of aliphatic hydroxyl groups excluding tert-OH is 1. The molecular weight excluding hydrogens is 232 g/mol. The molecule has 5 nitrogen and oxygen atoms in total. The van der Waals surface area contributed by atoms with Gasteiger partial charge >= 0.3 is 0 Å². The predicted octanol–water partition coefficient (Wildman–Crippen LogP) is 1.58. The maximum absolute atomic E-state index is 9.73. The van der Waals surface area contributed by atoms with Crippen molar-refractivity contribution in [1.82, 2.24) is 10.5 Å². The fourth-order valence-corrected chi connectivity index (χ4v) is 1.76. The maximum atomic E-state index is 9.73. The van der Waals surface area contributed by atoms with Crippen LogP contribution in [0.25, 0.3) is 0 Å². The molecule has 0 fully saturated rings. The van der Waals surface area contributed by atoms with Crippen molar-refractivity contribution in [2.45, 2.75) is 45.9 Å². The van der Waals surface area contributed by atoms with Gasteiger partial charge in [-0.1, -0.05) is 19.0 Å². The molecule has 1 aromatic rings. The molecule has 0 aromatic carbocycles. The maximum Gasteiger partial charge on any atom is 0.124 e. The third kappa shape index (κ3) is 6.74. The lowest BCUT2D eigenvalue weighted by Crippen LogP contribution is -2.31. The Hall–Kier alpha value is -0.910. The number of hydrogen-bond acceptors (Lipinski definition) is 5. The van der Waals surface area contributed by atoms with Crippen molar-refractivity contribution >= 4 is 0 Å². The van der Waals surface area contributed by atoms with Crippen LogP contribution in [0.3, 0.4) is 0 Å². The summed E-state index contributed by atoms with van der Waals surface area (Å²) in [4.78, 5) is 0. The molecule has 0 aliphatic heterocycles. The molecule has 104 valence electrons. The first-order valence-electron chi connectivity index (χ1n) is 6.47. The summed E-state index contributed by atoms with van der Waals surface area (Å²) in [7, 11) is 0. The summed E-state index contributed by atoms with van der Waals surface area (Å²) < 4.78 is 10.3. The smallest absolute Gasteiger partial charge is 0.124 e. The Morgan fingerprint density at radius 2 is 2.22 bits per heavy atom. The lowest BCUT2D eigenvalue weighted by Gasteiger charge is -2.18. The van der Waals surface area contributed by atoms with E-state index in [2.05, 4.69) is 24.3 Å². The Labute approximate surface area is 109 Å². The van der Waals surface area contributed by atoms with Crippen LogP contribution in [0.2, 0.25) is 0 Å². The SMILES string of the molecule is CC(C)CC(C)OCC(O)CNCc1ccon1. The minimum atomic E-state index is -0.494. The molecule has 5 heteroatoms. The van der Waals surface area contributed by atoms with Gasteiger partial charge in [-0.3, -0.25) is 0 Å². The molecule has 2 N–H and O–H groups in total. The molecule has 0 bridgehead atoms. The van der Waals surface area contributed by atoms with Crippen molar-refractivity contribution in [2.75, 3.05) is 13.2 Å². The van der Waals surface area contributed by atoms with Gasteiger partial charge < -0.3 is 19.7 Å². The van der Waals surface area contributed by atoms with Gasteiger partial charge in [0, 0.05) is 19.2 Å². The first kappa shape index (κ1) is 15.1. The van der Waals surface area contributed by atoms with Crippen molar-refractivity contribution in [3.8, 4) is 0 Å². The van der Waals surface area contributed by atoms with E-state index in [9.17, 15) is 5.11 Å². The second-order valence-electron chi connectivity index (χ2n) is 5.05. The van der Waals surface area contributed by atoms with Crippen LogP contribution in [0, 0.1) is 5.92 Å². The molecule has 18 heavy (non-hydrogen) atoms. The highest BCUT2D eigenvalue weighted by Gasteiger charge is 2.09. The summed E-state index contributed by atoms with van der Waals surface area (Å²) in [6, 6.07) is 1.79. The first-order valence-corrected chi connectivity index (χ1v) is 6.47. The number of rotatable bonds is 9. The van der Waals surface area contributed by atoms with Gasteiger partial charge in [0.05, 0.1) is 24.5 Å². The van der Waals surface area contributed by atoms with Crippen molar-refractivity contribution < 1.29 is 14.4 Å². The predicted molar refractivity (Wildman–Crippen MR) is 69.1 cm³/mol. The third-order valence-electron chi connectivity index (χ3n) is 2.55. The van der Waals surface area contributed by atoms with Gasteiger partial charge in [0.25, 0.3) is 0 Å². The van der Waals surface area contributed by atoms with Crippen LogP contribution in [-0.4, -0.2) is 35.6 Å². The van der Waals surface area contributed by atoms with E-state index in [1.54, 1.807) is 6.07 Å². The summed E-state index contributed by atoms with van der Waals surface area (Å²) in [6.07, 6.45) is 2.24. The fraction of sp³-hybridized carbons (Fsp3) is 0.769. The zero-order valence-electron chi connectivity index (χ0n) is 11.4. The van der Waals surface area contributed by atoms with E-state index < -0.39 is 6.10 Å². The molecule has 2 atom stereocenters.